The summed E-state index contributed by atoms with van der Waals surface area (Å²) in [6, 6.07) is 10.2. The highest BCUT2D eigenvalue weighted by molar-refractivity contribution is 9.11. The van der Waals surface area contributed by atoms with E-state index >= 15 is 0 Å². The van der Waals surface area contributed by atoms with Crippen LogP contribution in [0.25, 0.3) is 16.6 Å². The number of imidazole rings is 1. The third-order valence-electron chi connectivity index (χ3n) is 3.48. The van der Waals surface area contributed by atoms with Crippen LogP contribution in [0.3, 0.4) is 0 Å². The van der Waals surface area contributed by atoms with Crippen LogP contribution in [-0.4, -0.2) is 21.5 Å². The molecule has 1 aromatic carbocycles. The van der Waals surface area contributed by atoms with Crippen molar-refractivity contribution in [1.29, 1.82) is 5.26 Å². The Labute approximate surface area is 131 Å². The van der Waals surface area contributed by atoms with E-state index in [1.807, 2.05) is 66.2 Å². The van der Waals surface area contributed by atoms with Crippen molar-refractivity contribution in [2.24, 2.45) is 7.05 Å². The highest BCUT2D eigenvalue weighted by Crippen LogP contribution is 2.27. The number of likely N-dealkylation sites (N-methyl/N-ethyl adjacent to an activating group) is 1. The summed E-state index contributed by atoms with van der Waals surface area (Å²) in [6.07, 6.45) is 5.77. The number of nitrogens with zero attached hydrogens (tertiary/aromatic N) is 4. The second-order valence-electron chi connectivity index (χ2n) is 4.81. The Hall–Kier alpha value is -2.32. The van der Waals surface area contributed by atoms with Crippen molar-refractivity contribution in [3.63, 3.8) is 0 Å². The normalized spacial score (nSPS) is 16.9. The first-order valence-corrected chi connectivity index (χ1v) is 7.25. The molecule has 104 valence electrons. The zero-order valence-electron chi connectivity index (χ0n) is 11.7. The summed E-state index contributed by atoms with van der Waals surface area (Å²) in [6.45, 7) is 0. The van der Waals surface area contributed by atoms with E-state index in [1.165, 1.54) is 0 Å². The van der Waals surface area contributed by atoms with Gasteiger partial charge >= 0.3 is 0 Å². The van der Waals surface area contributed by atoms with Gasteiger partial charge in [-0.15, -0.1) is 0 Å². The van der Waals surface area contributed by atoms with E-state index in [9.17, 15) is 5.26 Å². The highest BCUT2D eigenvalue weighted by Gasteiger charge is 2.18. The standard InChI is InChI=1S/C16H13BrN4/c1-20-10-11(17)7-8-14(20)12(9-18)16-19-13-5-3-4-6-15(13)21(16)2/h3-8,10H,1-2H3. The van der Waals surface area contributed by atoms with Crippen LogP contribution in [0.5, 0.6) is 0 Å². The quantitative estimate of drug-likeness (QED) is 0.745. The molecule has 0 spiro atoms. The Kier molecular flexibility index (Phi) is 3.40. The van der Waals surface area contributed by atoms with Gasteiger partial charge in [0.05, 0.1) is 16.7 Å². The predicted molar refractivity (Wildman–Crippen MR) is 87.2 cm³/mol. The molecule has 4 nitrogen and oxygen atoms in total. The van der Waals surface area contributed by atoms with Crippen LogP contribution in [-0.2, 0) is 7.05 Å². The van der Waals surface area contributed by atoms with Crippen LogP contribution in [0.2, 0.25) is 0 Å². The van der Waals surface area contributed by atoms with Gasteiger partial charge < -0.3 is 9.47 Å². The maximum atomic E-state index is 9.61. The molecule has 0 amide bonds. The Morgan fingerprint density at radius 1 is 1.24 bits per heavy atom. The molecule has 0 bridgehead atoms. The topological polar surface area (TPSA) is 44.9 Å². The maximum absolute atomic E-state index is 9.61. The first-order valence-electron chi connectivity index (χ1n) is 6.46. The van der Waals surface area contributed by atoms with E-state index in [1.54, 1.807) is 0 Å². The molecule has 0 fully saturated rings. The fourth-order valence-corrected chi connectivity index (χ4v) is 2.86. The van der Waals surface area contributed by atoms with Crippen molar-refractivity contribution in [3.8, 4) is 6.07 Å². The molecule has 0 saturated carbocycles. The van der Waals surface area contributed by atoms with Gasteiger partial charge in [-0.1, -0.05) is 12.1 Å². The fraction of sp³-hybridized carbons (Fsp3) is 0.125. The molecule has 3 rings (SSSR count). The van der Waals surface area contributed by atoms with Crippen molar-refractivity contribution in [2.75, 3.05) is 7.05 Å². The minimum absolute atomic E-state index is 0.559. The molecule has 2 aromatic rings. The average molecular weight is 341 g/mol. The van der Waals surface area contributed by atoms with Crippen LogP contribution in [0, 0.1) is 11.3 Å². The second kappa shape index (κ2) is 5.23. The summed E-state index contributed by atoms with van der Waals surface area (Å²) >= 11 is 3.43. The highest BCUT2D eigenvalue weighted by atomic mass is 79.9. The number of benzene rings is 1. The molecule has 0 atom stereocenters. The van der Waals surface area contributed by atoms with Crippen molar-refractivity contribution in [2.45, 2.75) is 0 Å². The molecule has 0 N–H and O–H groups in total. The third-order valence-corrected chi connectivity index (χ3v) is 3.95. The molecule has 5 heteroatoms. The summed E-state index contributed by atoms with van der Waals surface area (Å²) in [4.78, 5) is 6.52. The summed E-state index contributed by atoms with van der Waals surface area (Å²) < 4.78 is 2.92. The van der Waals surface area contributed by atoms with Crippen LogP contribution in [0.4, 0.5) is 0 Å². The fourth-order valence-electron chi connectivity index (χ4n) is 2.42. The van der Waals surface area contributed by atoms with Gasteiger partial charge in [0.25, 0.3) is 0 Å². The van der Waals surface area contributed by atoms with Crippen LogP contribution in [0.1, 0.15) is 5.82 Å². The smallest absolute Gasteiger partial charge is 0.153 e. The Morgan fingerprint density at radius 2 is 2.00 bits per heavy atom. The zero-order chi connectivity index (χ0) is 15.0. The lowest BCUT2D eigenvalue weighted by Crippen LogP contribution is -2.14. The number of hydrogen-bond donors (Lipinski definition) is 0. The third kappa shape index (κ3) is 2.28. The van der Waals surface area contributed by atoms with Gasteiger partial charge in [-0.05, 0) is 40.2 Å². The minimum Gasteiger partial charge on any atom is -0.349 e. The molecular weight excluding hydrogens is 328 g/mol. The molecular formula is C16H13BrN4. The van der Waals surface area contributed by atoms with Gasteiger partial charge in [0.15, 0.2) is 5.82 Å². The summed E-state index contributed by atoms with van der Waals surface area (Å²) in [5, 5.41) is 9.61. The first-order chi connectivity index (χ1) is 10.1. The van der Waals surface area contributed by atoms with E-state index < -0.39 is 0 Å². The Balaban J connectivity index is 2.23. The van der Waals surface area contributed by atoms with Crippen molar-refractivity contribution < 1.29 is 0 Å². The number of rotatable bonds is 1. The summed E-state index contributed by atoms with van der Waals surface area (Å²) in [5.74, 6) is 0.677. The number of para-hydroxylation sites is 2. The van der Waals surface area contributed by atoms with Gasteiger partial charge in [-0.2, -0.15) is 5.26 Å². The minimum atomic E-state index is 0.559. The van der Waals surface area contributed by atoms with E-state index in [2.05, 4.69) is 27.0 Å². The lowest BCUT2D eigenvalue weighted by atomic mass is 10.1. The average Bonchev–Trinajstić information content (AvgIpc) is 2.80. The number of allylic oxidation sites excluding steroid dienone is 4. The number of aryl methyl sites for hydroxylation is 1. The molecule has 21 heavy (non-hydrogen) atoms. The molecule has 0 radical (unpaired) electrons. The monoisotopic (exact) mass is 340 g/mol. The van der Waals surface area contributed by atoms with Gasteiger partial charge in [0, 0.05) is 24.8 Å². The number of halogens is 1. The summed E-state index contributed by atoms with van der Waals surface area (Å²) in [5.41, 5.74) is 3.30. The van der Waals surface area contributed by atoms with E-state index in [-0.39, 0.29) is 0 Å². The van der Waals surface area contributed by atoms with Crippen LogP contribution in [0.15, 0.2) is 52.8 Å². The van der Waals surface area contributed by atoms with Gasteiger partial charge in [0.1, 0.15) is 11.6 Å². The molecule has 2 heterocycles. The Bertz CT molecular complexity index is 849. The van der Waals surface area contributed by atoms with Crippen molar-refractivity contribution in [1.82, 2.24) is 14.5 Å². The molecule has 1 aliphatic heterocycles. The van der Waals surface area contributed by atoms with Crippen LogP contribution < -0.4 is 0 Å². The molecule has 0 aliphatic carbocycles. The van der Waals surface area contributed by atoms with E-state index in [4.69, 9.17) is 0 Å². The molecule has 1 aromatic heterocycles. The molecule has 0 unspecified atom stereocenters. The lowest BCUT2D eigenvalue weighted by Gasteiger charge is -2.20. The van der Waals surface area contributed by atoms with Crippen molar-refractivity contribution >= 4 is 32.5 Å². The van der Waals surface area contributed by atoms with E-state index in [0.717, 1.165) is 21.2 Å². The van der Waals surface area contributed by atoms with Crippen LogP contribution >= 0.6 is 15.9 Å². The Morgan fingerprint density at radius 3 is 2.67 bits per heavy atom. The van der Waals surface area contributed by atoms with Gasteiger partial charge in [-0.3, -0.25) is 0 Å². The summed E-state index contributed by atoms with van der Waals surface area (Å²) in [7, 11) is 3.85. The second-order valence-corrected chi connectivity index (χ2v) is 5.73. The number of aromatic nitrogens is 2. The lowest BCUT2D eigenvalue weighted by molar-refractivity contribution is 0.585. The maximum Gasteiger partial charge on any atom is 0.153 e. The van der Waals surface area contributed by atoms with Crippen molar-refractivity contribution in [3.05, 3.63) is 58.6 Å². The van der Waals surface area contributed by atoms with Gasteiger partial charge in [-0.25, -0.2) is 4.98 Å². The van der Waals surface area contributed by atoms with E-state index in [0.29, 0.717) is 11.4 Å². The predicted octanol–water partition coefficient (Wildman–Crippen LogP) is 3.55. The van der Waals surface area contributed by atoms with Gasteiger partial charge in [0.2, 0.25) is 0 Å². The molecule has 1 aliphatic rings. The molecule has 0 saturated heterocycles. The number of fused-ring (bicyclic) bond motifs is 1. The zero-order valence-corrected chi connectivity index (χ0v) is 13.3. The first kappa shape index (κ1) is 13.7. The SMILES string of the molecule is CN1C=C(Br)C=CC1=C(C#N)c1nc2ccccc2n1C. The number of hydrogen-bond acceptors (Lipinski definition) is 3. The number of nitriles is 1. The largest absolute Gasteiger partial charge is 0.349 e.